The Balaban J connectivity index is 2.21. The Kier molecular flexibility index (Phi) is 4.67. The minimum atomic E-state index is -3.99. The lowest BCUT2D eigenvalue weighted by Gasteiger charge is -2.33. The number of halogens is 3. The number of allylic oxidation sites excluding steroid dienone is 2. The molecule has 0 aromatic heterocycles. The van der Waals surface area contributed by atoms with Gasteiger partial charge in [-0.15, -0.1) is 0 Å². The molecule has 7 heteroatoms. The quantitative estimate of drug-likeness (QED) is 0.724. The normalized spacial score (nSPS) is 25.1. The van der Waals surface area contributed by atoms with E-state index in [0.717, 1.165) is 36.6 Å². The van der Waals surface area contributed by atoms with Crippen LogP contribution in [0.4, 0.5) is 13.2 Å². The van der Waals surface area contributed by atoms with Crippen LogP contribution >= 0.6 is 0 Å². The summed E-state index contributed by atoms with van der Waals surface area (Å²) in [5.74, 6) is -2.15. The highest BCUT2D eigenvalue weighted by Crippen LogP contribution is 2.47. The molecule has 0 heterocycles. The SMILES string of the molecule is COc1cc(C2(S(C)(=O)=O)C=CC(F)(c3ccccc3)C(F)=C2)ccc1F. The summed E-state index contributed by atoms with van der Waals surface area (Å²) in [6.07, 6.45) is 3.60. The van der Waals surface area contributed by atoms with E-state index < -0.39 is 31.9 Å². The Bertz CT molecular complexity index is 1030. The first kappa shape index (κ1) is 19.2. The van der Waals surface area contributed by atoms with Crippen molar-refractivity contribution in [2.45, 2.75) is 10.4 Å². The summed E-state index contributed by atoms with van der Waals surface area (Å²) in [6, 6.07) is 11.0. The van der Waals surface area contributed by atoms with Crippen LogP contribution in [0.25, 0.3) is 0 Å². The first-order valence-electron chi connectivity index (χ1n) is 8.01. The van der Waals surface area contributed by atoms with E-state index in [1.54, 1.807) is 18.2 Å². The standard InChI is InChI=1S/C20H17F3O3S/c1-26-17-12-15(8-9-16(17)21)19(27(2,24)25)10-11-20(23,18(22)13-19)14-6-4-3-5-7-14/h3-13H,1-2H3. The van der Waals surface area contributed by atoms with Crippen molar-refractivity contribution in [1.82, 2.24) is 0 Å². The average molecular weight is 394 g/mol. The first-order chi connectivity index (χ1) is 12.6. The van der Waals surface area contributed by atoms with Gasteiger partial charge in [0.1, 0.15) is 10.6 Å². The van der Waals surface area contributed by atoms with Gasteiger partial charge in [-0.05, 0) is 35.4 Å². The highest BCUT2D eigenvalue weighted by Gasteiger charge is 2.48. The van der Waals surface area contributed by atoms with E-state index in [1.807, 2.05) is 0 Å². The van der Waals surface area contributed by atoms with Crippen LogP contribution < -0.4 is 4.74 Å². The van der Waals surface area contributed by atoms with Gasteiger partial charge >= 0.3 is 0 Å². The fraction of sp³-hybridized carbons (Fsp3) is 0.200. The van der Waals surface area contributed by atoms with E-state index in [4.69, 9.17) is 4.74 Å². The minimum Gasteiger partial charge on any atom is -0.494 e. The van der Waals surface area contributed by atoms with Crippen molar-refractivity contribution in [2.75, 3.05) is 13.4 Å². The lowest BCUT2D eigenvalue weighted by Crippen LogP contribution is -2.36. The predicted octanol–water partition coefficient (Wildman–Crippen LogP) is 4.36. The molecule has 2 unspecified atom stereocenters. The Morgan fingerprint density at radius 1 is 0.963 bits per heavy atom. The van der Waals surface area contributed by atoms with Crippen LogP contribution in [0.3, 0.4) is 0 Å². The molecule has 3 rings (SSSR count). The highest BCUT2D eigenvalue weighted by atomic mass is 32.2. The van der Waals surface area contributed by atoms with Crippen LogP contribution in [0.2, 0.25) is 0 Å². The molecule has 0 radical (unpaired) electrons. The second-order valence-electron chi connectivity index (χ2n) is 6.32. The molecular formula is C20H17F3O3S. The van der Waals surface area contributed by atoms with E-state index in [0.29, 0.717) is 0 Å². The maximum Gasteiger partial charge on any atom is 0.205 e. The van der Waals surface area contributed by atoms with Gasteiger partial charge in [0, 0.05) is 6.26 Å². The summed E-state index contributed by atoms with van der Waals surface area (Å²) < 4.78 is 72.1. The third-order valence-corrected chi connectivity index (χ3v) is 6.38. The van der Waals surface area contributed by atoms with Gasteiger partial charge < -0.3 is 4.74 Å². The zero-order chi connectivity index (χ0) is 19.9. The van der Waals surface area contributed by atoms with Crippen LogP contribution in [0.15, 0.2) is 72.6 Å². The summed E-state index contributed by atoms with van der Waals surface area (Å²) in [5, 5.41) is 0. The third kappa shape index (κ3) is 3.06. The van der Waals surface area contributed by atoms with E-state index in [1.165, 1.54) is 25.3 Å². The summed E-state index contributed by atoms with van der Waals surface area (Å²) in [4.78, 5) is 0. The smallest absolute Gasteiger partial charge is 0.205 e. The minimum absolute atomic E-state index is 0.0359. The molecule has 1 aliphatic carbocycles. The van der Waals surface area contributed by atoms with Gasteiger partial charge in [0.2, 0.25) is 5.67 Å². The molecule has 0 bridgehead atoms. The molecule has 3 nitrogen and oxygen atoms in total. The Morgan fingerprint density at radius 2 is 1.63 bits per heavy atom. The molecule has 142 valence electrons. The molecule has 2 aromatic carbocycles. The largest absolute Gasteiger partial charge is 0.494 e. The van der Waals surface area contributed by atoms with Gasteiger partial charge in [0.25, 0.3) is 0 Å². The van der Waals surface area contributed by atoms with Gasteiger partial charge in [0.15, 0.2) is 21.4 Å². The summed E-state index contributed by atoms with van der Waals surface area (Å²) in [7, 11) is -2.76. The molecule has 2 aromatic rings. The van der Waals surface area contributed by atoms with Crippen molar-refractivity contribution in [3.63, 3.8) is 0 Å². The van der Waals surface area contributed by atoms with Crippen LogP contribution in [-0.4, -0.2) is 21.8 Å². The van der Waals surface area contributed by atoms with E-state index in [2.05, 4.69) is 0 Å². The average Bonchev–Trinajstić information content (AvgIpc) is 2.64. The lowest BCUT2D eigenvalue weighted by atomic mass is 9.83. The Labute approximate surface area is 155 Å². The molecule has 1 aliphatic rings. The predicted molar refractivity (Wildman–Crippen MR) is 97.0 cm³/mol. The molecule has 0 saturated carbocycles. The third-order valence-electron chi connectivity index (χ3n) is 4.66. The second-order valence-corrected chi connectivity index (χ2v) is 8.54. The molecular weight excluding hydrogens is 377 g/mol. The van der Waals surface area contributed by atoms with Crippen LogP contribution in [-0.2, 0) is 20.3 Å². The molecule has 27 heavy (non-hydrogen) atoms. The zero-order valence-electron chi connectivity index (χ0n) is 14.6. The second kappa shape index (κ2) is 6.56. The number of hydrogen-bond donors (Lipinski definition) is 0. The van der Waals surface area contributed by atoms with Crippen molar-refractivity contribution in [3.8, 4) is 5.75 Å². The van der Waals surface area contributed by atoms with Gasteiger partial charge in [-0.2, -0.15) is 0 Å². The van der Waals surface area contributed by atoms with Gasteiger partial charge in [-0.3, -0.25) is 0 Å². The molecule has 2 atom stereocenters. The number of benzene rings is 2. The van der Waals surface area contributed by atoms with E-state index in [9.17, 15) is 17.2 Å². The van der Waals surface area contributed by atoms with Gasteiger partial charge in [0.05, 0.1) is 7.11 Å². The number of rotatable bonds is 4. The fourth-order valence-corrected chi connectivity index (χ4v) is 4.29. The van der Waals surface area contributed by atoms with Crippen molar-refractivity contribution < 1.29 is 26.3 Å². The number of methoxy groups -OCH3 is 1. The van der Waals surface area contributed by atoms with Crippen LogP contribution in [0, 0.1) is 5.82 Å². The maximum absolute atomic E-state index is 15.3. The Morgan fingerprint density at radius 3 is 2.19 bits per heavy atom. The summed E-state index contributed by atoms with van der Waals surface area (Å²) in [5.41, 5.74) is -2.50. The van der Waals surface area contributed by atoms with Gasteiger partial charge in [-0.1, -0.05) is 42.5 Å². The maximum atomic E-state index is 15.3. The fourth-order valence-electron chi connectivity index (χ4n) is 3.10. The number of hydrogen-bond acceptors (Lipinski definition) is 3. The summed E-state index contributed by atoms with van der Waals surface area (Å²) in [6.45, 7) is 0. The van der Waals surface area contributed by atoms with E-state index >= 15 is 4.39 Å². The molecule has 0 fully saturated rings. The van der Waals surface area contributed by atoms with Crippen molar-refractivity contribution in [1.29, 1.82) is 0 Å². The molecule has 0 saturated heterocycles. The number of alkyl halides is 1. The zero-order valence-corrected chi connectivity index (χ0v) is 15.4. The number of ether oxygens (including phenoxy) is 1. The molecule has 0 aliphatic heterocycles. The molecule has 0 amide bonds. The first-order valence-corrected chi connectivity index (χ1v) is 9.90. The van der Waals surface area contributed by atoms with Crippen molar-refractivity contribution in [3.05, 3.63) is 89.5 Å². The van der Waals surface area contributed by atoms with Crippen LogP contribution in [0.5, 0.6) is 5.75 Å². The molecule has 0 N–H and O–H groups in total. The summed E-state index contributed by atoms with van der Waals surface area (Å²) >= 11 is 0. The van der Waals surface area contributed by atoms with Gasteiger partial charge in [-0.25, -0.2) is 21.6 Å². The highest BCUT2D eigenvalue weighted by molar-refractivity contribution is 7.92. The topological polar surface area (TPSA) is 43.4 Å². The van der Waals surface area contributed by atoms with E-state index in [-0.39, 0.29) is 16.9 Å². The van der Waals surface area contributed by atoms with Crippen molar-refractivity contribution in [2.24, 2.45) is 0 Å². The number of sulfone groups is 1. The van der Waals surface area contributed by atoms with Crippen LogP contribution in [0.1, 0.15) is 11.1 Å². The van der Waals surface area contributed by atoms with Crippen molar-refractivity contribution >= 4 is 9.84 Å². The lowest BCUT2D eigenvalue weighted by molar-refractivity contribution is 0.232. The monoisotopic (exact) mass is 394 g/mol. The Hall–Kier alpha value is -2.54. The molecule has 0 spiro atoms.